The second-order valence-corrected chi connectivity index (χ2v) is 3.44. The molecule has 0 saturated carbocycles. The largest absolute Gasteiger partial charge is 0.480 e. The van der Waals surface area contributed by atoms with Gasteiger partial charge in [0, 0.05) is 5.56 Å². The number of aromatic nitrogens is 1. The number of nitrogens with zero attached hydrogens (tertiary/aromatic N) is 2. The summed E-state index contributed by atoms with van der Waals surface area (Å²) in [7, 11) is 3.43. The minimum atomic E-state index is -0.899. The van der Waals surface area contributed by atoms with Crippen LogP contribution >= 0.6 is 0 Å². The number of likely N-dealkylation sites (N-methyl/N-ethyl adjacent to an activating group) is 1. The van der Waals surface area contributed by atoms with Crippen molar-refractivity contribution in [2.45, 2.75) is 19.9 Å². The maximum Gasteiger partial charge on any atom is 0.325 e. The normalized spacial score (nSPS) is 13.2. The van der Waals surface area contributed by atoms with E-state index in [1.165, 1.54) is 0 Å². The Balaban J connectivity index is 3.17. The monoisotopic (exact) mass is 198 g/mol. The van der Waals surface area contributed by atoms with E-state index in [0.29, 0.717) is 17.0 Å². The Morgan fingerprint density at radius 2 is 2.07 bits per heavy atom. The number of carboxylic acid groups (broad SMARTS) is 1. The van der Waals surface area contributed by atoms with Crippen LogP contribution < -0.4 is 0 Å². The molecule has 0 amide bonds. The number of aryl methyl sites for hydroxylation is 2. The third-order valence-electron chi connectivity index (χ3n) is 2.11. The summed E-state index contributed by atoms with van der Waals surface area (Å²) < 4.78 is 4.94. The van der Waals surface area contributed by atoms with Crippen LogP contribution in [0.25, 0.3) is 0 Å². The van der Waals surface area contributed by atoms with E-state index in [-0.39, 0.29) is 0 Å². The standard InChI is InChI=1S/C9H14N2O3/c1-5-7(6(2)14-10-5)8(9(12)13)11(3)4/h8H,1-4H3,(H,12,13). The molecule has 1 atom stereocenters. The molecule has 1 aromatic rings. The Hall–Kier alpha value is -1.36. The zero-order valence-electron chi connectivity index (χ0n) is 8.74. The van der Waals surface area contributed by atoms with E-state index in [4.69, 9.17) is 9.63 Å². The van der Waals surface area contributed by atoms with Crippen LogP contribution in [0.15, 0.2) is 4.52 Å². The molecule has 0 aliphatic rings. The van der Waals surface area contributed by atoms with Gasteiger partial charge in [-0.1, -0.05) is 5.16 Å². The lowest BCUT2D eigenvalue weighted by Gasteiger charge is -2.19. The van der Waals surface area contributed by atoms with E-state index in [1.54, 1.807) is 32.8 Å². The van der Waals surface area contributed by atoms with Crippen molar-refractivity contribution in [3.63, 3.8) is 0 Å². The highest BCUT2D eigenvalue weighted by molar-refractivity contribution is 5.76. The first-order valence-electron chi connectivity index (χ1n) is 4.27. The first-order valence-corrected chi connectivity index (χ1v) is 4.27. The molecule has 1 N–H and O–H groups in total. The lowest BCUT2D eigenvalue weighted by Crippen LogP contribution is -2.28. The summed E-state index contributed by atoms with van der Waals surface area (Å²) in [4.78, 5) is 12.7. The van der Waals surface area contributed by atoms with Crippen LogP contribution in [0.5, 0.6) is 0 Å². The summed E-state index contributed by atoms with van der Waals surface area (Å²) in [5, 5.41) is 12.8. The summed E-state index contributed by atoms with van der Waals surface area (Å²) in [5.74, 6) is -0.340. The molecule has 0 aromatic carbocycles. The lowest BCUT2D eigenvalue weighted by atomic mass is 10.0. The Morgan fingerprint density at radius 1 is 1.50 bits per heavy atom. The maximum atomic E-state index is 11.0. The van der Waals surface area contributed by atoms with Crippen molar-refractivity contribution in [1.82, 2.24) is 10.1 Å². The van der Waals surface area contributed by atoms with Gasteiger partial charge in [-0.25, -0.2) is 0 Å². The highest BCUT2D eigenvalue weighted by Crippen LogP contribution is 2.25. The molecule has 0 bridgehead atoms. The Bertz CT molecular complexity index is 324. The SMILES string of the molecule is Cc1noc(C)c1C(C(=O)O)N(C)C. The third-order valence-corrected chi connectivity index (χ3v) is 2.11. The molecule has 1 heterocycles. The summed E-state index contributed by atoms with van der Waals surface area (Å²) >= 11 is 0. The van der Waals surface area contributed by atoms with Crippen molar-refractivity contribution in [3.05, 3.63) is 17.0 Å². The summed E-state index contributed by atoms with van der Waals surface area (Å²) in [6, 6.07) is -0.693. The molecule has 5 heteroatoms. The fourth-order valence-electron chi connectivity index (χ4n) is 1.48. The molecule has 0 saturated heterocycles. The van der Waals surface area contributed by atoms with Crippen LogP contribution in [0.1, 0.15) is 23.1 Å². The maximum absolute atomic E-state index is 11.0. The van der Waals surface area contributed by atoms with Gasteiger partial charge < -0.3 is 9.63 Å². The number of carboxylic acids is 1. The minimum Gasteiger partial charge on any atom is -0.480 e. The molecule has 1 unspecified atom stereocenters. The van der Waals surface area contributed by atoms with E-state index in [1.807, 2.05) is 0 Å². The van der Waals surface area contributed by atoms with Crippen LogP contribution in [0.4, 0.5) is 0 Å². The zero-order valence-corrected chi connectivity index (χ0v) is 8.74. The molecule has 5 nitrogen and oxygen atoms in total. The van der Waals surface area contributed by atoms with Gasteiger partial charge in [0.15, 0.2) is 0 Å². The van der Waals surface area contributed by atoms with Crippen molar-refractivity contribution >= 4 is 5.97 Å². The van der Waals surface area contributed by atoms with Gasteiger partial charge in [-0.15, -0.1) is 0 Å². The Kier molecular flexibility index (Phi) is 2.90. The number of carbonyl (C=O) groups is 1. The highest BCUT2D eigenvalue weighted by atomic mass is 16.5. The zero-order chi connectivity index (χ0) is 10.9. The molecule has 0 aliphatic carbocycles. The van der Waals surface area contributed by atoms with Crippen molar-refractivity contribution in [2.75, 3.05) is 14.1 Å². The molecule has 78 valence electrons. The van der Waals surface area contributed by atoms with E-state index in [2.05, 4.69) is 5.16 Å². The number of rotatable bonds is 3. The van der Waals surface area contributed by atoms with Gasteiger partial charge in [0.25, 0.3) is 0 Å². The van der Waals surface area contributed by atoms with Crippen LogP contribution in [0.2, 0.25) is 0 Å². The van der Waals surface area contributed by atoms with Gasteiger partial charge in [-0.05, 0) is 27.9 Å². The lowest BCUT2D eigenvalue weighted by molar-refractivity contribution is -0.142. The molecule has 0 spiro atoms. The average Bonchev–Trinajstić information content (AvgIpc) is 2.34. The topological polar surface area (TPSA) is 66.6 Å². The summed E-state index contributed by atoms with van der Waals surface area (Å²) in [5.41, 5.74) is 1.27. The molecule has 0 radical (unpaired) electrons. The summed E-state index contributed by atoms with van der Waals surface area (Å²) in [6.07, 6.45) is 0. The number of hydrogen-bond donors (Lipinski definition) is 1. The van der Waals surface area contributed by atoms with Crippen molar-refractivity contribution in [3.8, 4) is 0 Å². The Labute approximate surface area is 82.3 Å². The van der Waals surface area contributed by atoms with Gasteiger partial charge >= 0.3 is 5.97 Å². The minimum absolute atomic E-state index is 0.559. The first kappa shape index (κ1) is 10.7. The van der Waals surface area contributed by atoms with Crippen molar-refractivity contribution < 1.29 is 14.4 Å². The van der Waals surface area contributed by atoms with Crippen molar-refractivity contribution in [1.29, 1.82) is 0 Å². The second-order valence-electron chi connectivity index (χ2n) is 3.44. The molecule has 0 aliphatic heterocycles. The fourth-order valence-corrected chi connectivity index (χ4v) is 1.48. The quantitative estimate of drug-likeness (QED) is 0.784. The van der Waals surface area contributed by atoms with Crippen LogP contribution in [-0.2, 0) is 4.79 Å². The molecule has 1 aromatic heterocycles. The predicted octanol–water partition coefficient (Wildman–Crippen LogP) is 0.979. The summed E-state index contributed by atoms with van der Waals surface area (Å²) in [6.45, 7) is 3.46. The van der Waals surface area contributed by atoms with Crippen molar-refractivity contribution in [2.24, 2.45) is 0 Å². The average molecular weight is 198 g/mol. The number of aliphatic carboxylic acids is 1. The van der Waals surface area contributed by atoms with E-state index in [0.717, 1.165) is 0 Å². The van der Waals surface area contributed by atoms with E-state index in [9.17, 15) is 4.79 Å². The number of hydrogen-bond acceptors (Lipinski definition) is 4. The molecule has 1 rings (SSSR count). The smallest absolute Gasteiger partial charge is 0.325 e. The van der Waals surface area contributed by atoms with E-state index >= 15 is 0 Å². The highest BCUT2D eigenvalue weighted by Gasteiger charge is 2.28. The van der Waals surface area contributed by atoms with Crippen LogP contribution in [-0.4, -0.2) is 35.2 Å². The van der Waals surface area contributed by atoms with Gasteiger partial charge in [-0.3, -0.25) is 9.69 Å². The third kappa shape index (κ3) is 1.77. The first-order chi connectivity index (χ1) is 6.45. The molecule has 14 heavy (non-hydrogen) atoms. The van der Waals surface area contributed by atoms with Gasteiger partial charge in [0.1, 0.15) is 11.8 Å². The van der Waals surface area contributed by atoms with Crippen LogP contribution in [0, 0.1) is 13.8 Å². The Morgan fingerprint density at radius 3 is 2.36 bits per heavy atom. The fraction of sp³-hybridized carbons (Fsp3) is 0.556. The predicted molar refractivity (Wildman–Crippen MR) is 50.0 cm³/mol. The molecular formula is C9H14N2O3. The van der Waals surface area contributed by atoms with Crippen LogP contribution in [0.3, 0.4) is 0 Å². The van der Waals surface area contributed by atoms with E-state index < -0.39 is 12.0 Å². The molecule has 0 fully saturated rings. The second kappa shape index (κ2) is 3.79. The van der Waals surface area contributed by atoms with Gasteiger partial charge in [0.2, 0.25) is 0 Å². The van der Waals surface area contributed by atoms with Gasteiger partial charge in [-0.2, -0.15) is 0 Å². The molecular weight excluding hydrogens is 184 g/mol. The van der Waals surface area contributed by atoms with Gasteiger partial charge in [0.05, 0.1) is 5.69 Å².